The molecule has 114 valence electrons. The van der Waals surface area contributed by atoms with Crippen molar-refractivity contribution < 1.29 is 4.84 Å². The maximum atomic E-state index is 5.44. The van der Waals surface area contributed by atoms with Crippen LogP contribution in [0.3, 0.4) is 0 Å². The van der Waals surface area contributed by atoms with Crippen LogP contribution in [-0.2, 0) is 4.84 Å². The topological polar surface area (TPSA) is 36.9 Å². The van der Waals surface area contributed by atoms with Gasteiger partial charge in [0.1, 0.15) is 12.3 Å². The molecule has 22 heavy (non-hydrogen) atoms. The number of hydrogen-bond donors (Lipinski definition) is 1. The second kappa shape index (κ2) is 6.98. The van der Waals surface area contributed by atoms with Gasteiger partial charge in [-0.25, -0.2) is 0 Å². The van der Waals surface area contributed by atoms with E-state index in [0.29, 0.717) is 6.61 Å². The van der Waals surface area contributed by atoms with Gasteiger partial charge in [0.15, 0.2) is 0 Å². The lowest BCUT2D eigenvalue weighted by Gasteiger charge is -2.16. The third-order valence-corrected chi connectivity index (χ3v) is 3.60. The van der Waals surface area contributed by atoms with Gasteiger partial charge < -0.3 is 15.1 Å². The first-order chi connectivity index (χ1) is 10.9. The van der Waals surface area contributed by atoms with Gasteiger partial charge in [-0.05, 0) is 23.3 Å². The van der Waals surface area contributed by atoms with Crippen LogP contribution in [0.5, 0.6) is 0 Å². The predicted octanol–water partition coefficient (Wildman–Crippen LogP) is 3.30. The highest BCUT2D eigenvalue weighted by atomic mass is 16.6. The molecule has 0 saturated carbocycles. The fraction of sp³-hybridized carbons (Fsp3) is 0.278. The summed E-state index contributed by atoms with van der Waals surface area (Å²) in [4.78, 5) is 7.61. The second-order valence-corrected chi connectivity index (χ2v) is 5.36. The molecule has 0 saturated heterocycles. The van der Waals surface area contributed by atoms with E-state index in [2.05, 4.69) is 64.8 Å². The first-order valence-electron chi connectivity index (χ1n) is 7.69. The molecule has 3 rings (SSSR count). The smallest absolute Gasteiger partial charge is 0.116 e. The highest BCUT2D eigenvalue weighted by Crippen LogP contribution is 2.17. The molecule has 0 bridgehead atoms. The Balaban J connectivity index is 1.87. The lowest BCUT2D eigenvalue weighted by Crippen LogP contribution is -2.27. The van der Waals surface area contributed by atoms with E-state index < -0.39 is 0 Å². The van der Waals surface area contributed by atoms with Crippen molar-refractivity contribution in [3.8, 4) is 0 Å². The average Bonchev–Trinajstić information content (AvgIpc) is 3.07. The molecule has 4 nitrogen and oxygen atoms in total. The molecule has 0 amide bonds. The fourth-order valence-corrected chi connectivity index (χ4v) is 2.44. The van der Waals surface area contributed by atoms with Crippen molar-refractivity contribution in [1.82, 2.24) is 10.2 Å². The van der Waals surface area contributed by atoms with Gasteiger partial charge in [0.2, 0.25) is 0 Å². The molecule has 1 aliphatic rings. The molecule has 1 heterocycles. The molecular weight excluding hydrogens is 274 g/mol. The van der Waals surface area contributed by atoms with E-state index in [9.17, 15) is 0 Å². The molecule has 0 spiro atoms. The zero-order valence-corrected chi connectivity index (χ0v) is 12.8. The summed E-state index contributed by atoms with van der Waals surface area (Å²) in [5, 5.41) is 10.0. The standard InChI is InChI=1S/C18H21N3O/c1-2-11-22-20-18(13-21-10-9-19-14-21)17-8-7-15-5-3-4-6-16(15)12-17/h3-10,12,19H,2,11,13-14H2,1H3. The summed E-state index contributed by atoms with van der Waals surface area (Å²) >= 11 is 0. The minimum Gasteiger partial charge on any atom is -0.396 e. The summed E-state index contributed by atoms with van der Waals surface area (Å²) in [5.74, 6) is 0. The van der Waals surface area contributed by atoms with Crippen molar-refractivity contribution in [2.24, 2.45) is 5.16 Å². The zero-order chi connectivity index (χ0) is 15.2. The highest BCUT2D eigenvalue weighted by Gasteiger charge is 2.11. The molecule has 4 heteroatoms. The van der Waals surface area contributed by atoms with Gasteiger partial charge in [0, 0.05) is 18.0 Å². The summed E-state index contributed by atoms with van der Waals surface area (Å²) < 4.78 is 0. The maximum absolute atomic E-state index is 5.44. The quantitative estimate of drug-likeness (QED) is 0.505. The van der Waals surface area contributed by atoms with E-state index in [-0.39, 0.29) is 0 Å². The molecular formula is C18H21N3O. The summed E-state index contributed by atoms with van der Waals surface area (Å²) in [7, 11) is 0. The summed E-state index contributed by atoms with van der Waals surface area (Å²) in [6.07, 6.45) is 4.95. The van der Waals surface area contributed by atoms with Gasteiger partial charge in [0.05, 0.1) is 13.2 Å². The largest absolute Gasteiger partial charge is 0.396 e. The SMILES string of the molecule is CCCON=C(CN1C=CNC1)c1ccc2ccccc2c1. The molecule has 2 aromatic carbocycles. The fourth-order valence-electron chi connectivity index (χ4n) is 2.44. The van der Waals surface area contributed by atoms with Gasteiger partial charge in [-0.2, -0.15) is 0 Å². The van der Waals surface area contributed by atoms with E-state index in [1.54, 1.807) is 0 Å². The van der Waals surface area contributed by atoms with Crippen molar-refractivity contribution >= 4 is 16.5 Å². The summed E-state index contributed by atoms with van der Waals surface area (Å²) in [6, 6.07) is 14.8. The van der Waals surface area contributed by atoms with Crippen LogP contribution in [0.2, 0.25) is 0 Å². The Hall–Kier alpha value is -2.49. The summed E-state index contributed by atoms with van der Waals surface area (Å²) in [5.41, 5.74) is 2.06. The number of nitrogens with one attached hydrogen (secondary N) is 1. The second-order valence-electron chi connectivity index (χ2n) is 5.36. The first-order valence-corrected chi connectivity index (χ1v) is 7.69. The molecule has 0 atom stereocenters. The Bertz CT molecular complexity index is 694. The number of fused-ring (bicyclic) bond motifs is 1. The van der Waals surface area contributed by atoms with Crippen molar-refractivity contribution in [3.05, 3.63) is 60.4 Å². The Morgan fingerprint density at radius 1 is 1.23 bits per heavy atom. The first kappa shape index (κ1) is 14.4. The van der Waals surface area contributed by atoms with E-state index in [1.165, 1.54) is 10.8 Å². The molecule has 1 N–H and O–H groups in total. The predicted molar refractivity (Wildman–Crippen MR) is 90.6 cm³/mol. The molecule has 1 aliphatic heterocycles. The van der Waals surface area contributed by atoms with E-state index in [0.717, 1.165) is 30.9 Å². The van der Waals surface area contributed by atoms with Crippen molar-refractivity contribution in [3.63, 3.8) is 0 Å². The van der Waals surface area contributed by atoms with Gasteiger partial charge in [-0.1, -0.05) is 48.5 Å². The van der Waals surface area contributed by atoms with Crippen LogP contribution >= 0.6 is 0 Å². The van der Waals surface area contributed by atoms with Crippen LogP contribution in [0.15, 0.2) is 60.0 Å². The average molecular weight is 295 g/mol. The van der Waals surface area contributed by atoms with Gasteiger partial charge >= 0.3 is 0 Å². The van der Waals surface area contributed by atoms with Crippen LogP contribution in [0.4, 0.5) is 0 Å². The van der Waals surface area contributed by atoms with Crippen molar-refractivity contribution in [1.29, 1.82) is 0 Å². The molecule has 2 aromatic rings. The number of oxime groups is 1. The van der Waals surface area contributed by atoms with Crippen LogP contribution in [0.25, 0.3) is 10.8 Å². The normalized spacial score (nSPS) is 14.4. The molecule has 0 aromatic heterocycles. The van der Waals surface area contributed by atoms with Crippen molar-refractivity contribution in [2.75, 3.05) is 19.8 Å². The third-order valence-electron chi connectivity index (χ3n) is 3.60. The number of hydrogen-bond acceptors (Lipinski definition) is 4. The van der Waals surface area contributed by atoms with Gasteiger partial charge in [0.25, 0.3) is 0 Å². The van der Waals surface area contributed by atoms with E-state index in [1.807, 2.05) is 12.4 Å². The lowest BCUT2D eigenvalue weighted by molar-refractivity contribution is 0.144. The number of rotatable bonds is 6. The molecule has 0 radical (unpaired) electrons. The maximum Gasteiger partial charge on any atom is 0.116 e. The Morgan fingerprint density at radius 3 is 2.86 bits per heavy atom. The van der Waals surface area contributed by atoms with Crippen LogP contribution < -0.4 is 5.32 Å². The Labute approximate surface area is 131 Å². The lowest BCUT2D eigenvalue weighted by atomic mass is 10.0. The molecule has 0 unspecified atom stereocenters. The number of nitrogens with zero attached hydrogens (tertiary/aromatic N) is 2. The Morgan fingerprint density at radius 2 is 2.09 bits per heavy atom. The summed E-state index contributed by atoms with van der Waals surface area (Å²) in [6.45, 7) is 4.26. The molecule has 0 aliphatic carbocycles. The van der Waals surface area contributed by atoms with Gasteiger partial charge in [-0.3, -0.25) is 0 Å². The minimum absolute atomic E-state index is 0.644. The van der Waals surface area contributed by atoms with E-state index >= 15 is 0 Å². The molecule has 0 fully saturated rings. The van der Waals surface area contributed by atoms with Gasteiger partial charge in [-0.15, -0.1) is 0 Å². The number of benzene rings is 2. The monoisotopic (exact) mass is 295 g/mol. The van der Waals surface area contributed by atoms with Crippen LogP contribution in [0.1, 0.15) is 18.9 Å². The Kier molecular flexibility index (Phi) is 4.59. The third kappa shape index (κ3) is 3.39. The van der Waals surface area contributed by atoms with Crippen LogP contribution in [-0.4, -0.2) is 30.4 Å². The van der Waals surface area contributed by atoms with Crippen LogP contribution in [0, 0.1) is 0 Å². The van der Waals surface area contributed by atoms with E-state index in [4.69, 9.17) is 4.84 Å². The minimum atomic E-state index is 0.644. The van der Waals surface area contributed by atoms with Crippen molar-refractivity contribution in [2.45, 2.75) is 13.3 Å². The highest BCUT2D eigenvalue weighted by molar-refractivity contribution is 6.04. The zero-order valence-electron chi connectivity index (χ0n) is 12.8.